The van der Waals surface area contributed by atoms with Gasteiger partial charge in [-0.15, -0.1) is 0 Å². The van der Waals surface area contributed by atoms with Crippen LogP contribution in [-0.2, 0) is 0 Å². The van der Waals surface area contributed by atoms with E-state index in [1.54, 1.807) is 12.4 Å². The Morgan fingerprint density at radius 3 is 2.41 bits per heavy atom. The van der Waals surface area contributed by atoms with E-state index in [4.69, 9.17) is 11.6 Å². The third-order valence-electron chi connectivity index (χ3n) is 6.44. The van der Waals surface area contributed by atoms with Crippen molar-refractivity contribution in [2.45, 2.75) is 12.1 Å². The zero-order valence-corrected chi connectivity index (χ0v) is 19.3. The maximum Gasteiger partial charge on any atom is 0.128 e. The Bertz CT molecular complexity index is 1270. The molecule has 174 valence electrons. The van der Waals surface area contributed by atoms with E-state index in [1.165, 1.54) is 0 Å². The summed E-state index contributed by atoms with van der Waals surface area (Å²) >= 11 is 6.15. The van der Waals surface area contributed by atoms with Gasteiger partial charge in [-0.25, -0.2) is 4.98 Å². The molecule has 1 saturated heterocycles. The van der Waals surface area contributed by atoms with Crippen LogP contribution >= 0.6 is 11.6 Å². The van der Waals surface area contributed by atoms with E-state index >= 15 is 0 Å². The lowest BCUT2D eigenvalue weighted by atomic mass is 9.92. The summed E-state index contributed by atoms with van der Waals surface area (Å²) in [7, 11) is 0. The average molecular weight is 476 g/mol. The number of aromatic amines is 1. The van der Waals surface area contributed by atoms with Gasteiger partial charge in [0, 0.05) is 60.1 Å². The van der Waals surface area contributed by atoms with Crippen LogP contribution in [0.4, 0.5) is 5.82 Å². The van der Waals surface area contributed by atoms with Gasteiger partial charge in [-0.2, -0.15) is 0 Å². The lowest BCUT2D eigenvalue weighted by Crippen LogP contribution is -2.51. The highest BCUT2D eigenvalue weighted by molar-refractivity contribution is 6.30. The van der Waals surface area contributed by atoms with E-state index in [9.17, 15) is 10.3 Å². The van der Waals surface area contributed by atoms with Crippen molar-refractivity contribution in [1.29, 1.82) is 0 Å². The molecular weight excluding hydrogens is 450 g/mol. The first kappa shape index (κ1) is 22.4. The first-order valence-electron chi connectivity index (χ1n) is 11.3. The molecule has 8 heteroatoms. The molecule has 2 aromatic heterocycles. The van der Waals surface area contributed by atoms with Crippen LogP contribution < -0.4 is 4.90 Å². The number of benzene rings is 2. The highest BCUT2D eigenvalue weighted by atomic mass is 35.5. The summed E-state index contributed by atoms with van der Waals surface area (Å²) in [5.74, 6) is 0.946. The van der Waals surface area contributed by atoms with Gasteiger partial charge in [0.25, 0.3) is 0 Å². The molecule has 2 aromatic carbocycles. The van der Waals surface area contributed by atoms with E-state index in [1.807, 2.05) is 66.7 Å². The van der Waals surface area contributed by atoms with Crippen LogP contribution in [0.1, 0.15) is 17.2 Å². The SMILES string of the molecule is O/N=C(/c1c[nH]c2ccccc12)[C@H](O)[C@@H](c1ccc(Cl)cc1)N1CCN(c2ccccn2)CC1. The number of nitrogens with zero attached hydrogens (tertiary/aromatic N) is 4. The predicted molar refractivity (Wildman–Crippen MR) is 135 cm³/mol. The fourth-order valence-electron chi connectivity index (χ4n) is 4.73. The van der Waals surface area contributed by atoms with Crippen LogP contribution in [-0.4, -0.2) is 63.2 Å². The summed E-state index contributed by atoms with van der Waals surface area (Å²) in [6.07, 6.45) is 2.51. The maximum absolute atomic E-state index is 11.7. The monoisotopic (exact) mass is 475 g/mol. The van der Waals surface area contributed by atoms with Crippen LogP contribution in [0, 0.1) is 0 Å². The number of H-pyrrole nitrogens is 1. The highest BCUT2D eigenvalue weighted by Crippen LogP contribution is 2.31. The molecule has 5 rings (SSSR count). The Morgan fingerprint density at radius 1 is 0.971 bits per heavy atom. The topological polar surface area (TPSA) is 88.0 Å². The summed E-state index contributed by atoms with van der Waals surface area (Å²) < 4.78 is 0. The molecule has 0 bridgehead atoms. The van der Waals surface area contributed by atoms with Gasteiger partial charge in [0.15, 0.2) is 0 Å². The lowest BCUT2D eigenvalue weighted by Gasteiger charge is -2.41. The molecule has 0 unspecified atom stereocenters. The molecule has 1 fully saturated rings. The minimum Gasteiger partial charge on any atom is -0.411 e. The van der Waals surface area contributed by atoms with E-state index in [0.717, 1.165) is 35.4 Å². The summed E-state index contributed by atoms with van der Waals surface area (Å²) in [5, 5.41) is 26.8. The van der Waals surface area contributed by atoms with Crippen molar-refractivity contribution in [1.82, 2.24) is 14.9 Å². The van der Waals surface area contributed by atoms with Gasteiger partial charge in [-0.05, 0) is 35.9 Å². The number of para-hydroxylation sites is 1. The molecule has 0 radical (unpaired) electrons. The number of hydrogen-bond acceptors (Lipinski definition) is 6. The lowest BCUT2D eigenvalue weighted by molar-refractivity contribution is 0.0826. The largest absolute Gasteiger partial charge is 0.411 e. The van der Waals surface area contributed by atoms with Gasteiger partial charge in [-0.3, -0.25) is 4.90 Å². The molecule has 3 heterocycles. The fourth-order valence-corrected chi connectivity index (χ4v) is 4.85. The zero-order chi connectivity index (χ0) is 23.5. The predicted octanol–water partition coefficient (Wildman–Crippen LogP) is 4.32. The van der Waals surface area contributed by atoms with Crippen molar-refractivity contribution in [2.75, 3.05) is 31.1 Å². The standard InChI is InChI=1S/C26H26ClN5O2/c27-19-10-8-18(9-11-19)25(32-15-13-31(14-16-32)23-7-3-4-12-28-23)26(33)24(30-34)21-17-29-22-6-2-1-5-20(21)22/h1-12,17,25-26,29,33-34H,13-16H2/b30-24-/t25-,26+/m1/s1. The number of nitrogens with one attached hydrogen (secondary N) is 1. The molecule has 0 spiro atoms. The van der Waals surface area contributed by atoms with Crippen molar-refractivity contribution < 1.29 is 10.3 Å². The second-order valence-corrected chi connectivity index (χ2v) is 8.82. The number of pyridine rings is 1. The molecule has 1 aliphatic heterocycles. The van der Waals surface area contributed by atoms with Gasteiger partial charge >= 0.3 is 0 Å². The molecule has 2 atom stereocenters. The fraction of sp³-hybridized carbons (Fsp3) is 0.231. The molecule has 1 aliphatic rings. The van der Waals surface area contributed by atoms with E-state index in [-0.39, 0.29) is 5.71 Å². The number of piperazine rings is 1. The summed E-state index contributed by atoms with van der Waals surface area (Å²) in [6, 6.07) is 20.7. The molecule has 0 saturated carbocycles. The van der Waals surface area contributed by atoms with Gasteiger partial charge < -0.3 is 20.2 Å². The molecule has 0 aliphatic carbocycles. The van der Waals surface area contributed by atoms with Crippen molar-refractivity contribution in [3.63, 3.8) is 0 Å². The second kappa shape index (κ2) is 9.85. The van der Waals surface area contributed by atoms with Crippen molar-refractivity contribution in [3.8, 4) is 0 Å². The Kier molecular flexibility index (Phi) is 6.49. The van der Waals surface area contributed by atoms with Gasteiger partial charge in [0.05, 0.1) is 6.04 Å². The number of aliphatic hydroxyl groups excluding tert-OH is 1. The van der Waals surface area contributed by atoms with Crippen LogP contribution in [0.3, 0.4) is 0 Å². The van der Waals surface area contributed by atoms with Gasteiger partial charge in [0.2, 0.25) is 0 Å². The minimum absolute atomic E-state index is 0.226. The Balaban J connectivity index is 1.46. The highest BCUT2D eigenvalue weighted by Gasteiger charge is 2.35. The molecular formula is C26H26ClN5O2. The van der Waals surface area contributed by atoms with Crippen LogP contribution in [0.15, 0.2) is 84.3 Å². The summed E-state index contributed by atoms with van der Waals surface area (Å²) in [4.78, 5) is 12.1. The first-order valence-corrected chi connectivity index (χ1v) is 11.7. The number of hydrogen-bond donors (Lipinski definition) is 3. The quantitative estimate of drug-likeness (QED) is 0.219. The van der Waals surface area contributed by atoms with E-state index in [2.05, 4.69) is 24.9 Å². The second-order valence-electron chi connectivity index (χ2n) is 8.39. The summed E-state index contributed by atoms with van der Waals surface area (Å²) in [6.45, 7) is 2.97. The number of aliphatic hydroxyl groups is 1. The molecule has 34 heavy (non-hydrogen) atoms. The normalized spacial score (nSPS) is 17.1. The average Bonchev–Trinajstić information content (AvgIpc) is 3.31. The third-order valence-corrected chi connectivity index (χ3v) is 6.70. The van der Waals surface area contributed by atoms with Crippen LogP contribution in [0.25, 0.3) is 10.9 Å². The van der Waals surface area contributed by atoms with E-state index in [0.29, 0.717) is 23.7 Å². The Labute approximate surface area is 202 Å². The molecule has 0 amide bonds. The maximum atomic E-state index is 11.7. The Morgan fingerprint density at radius 2 is 1.71 bits per heavy atom. The number of anilines is 1. The first-order chi connectivity index (χ1) is 16.7. The molecule has 4 aromatic rings. The molecule has 7 nitrogen and oxygen atoms in total. The van der Waals surface area contributed by atoms with Crippen molar-refractivity contribution in [3.05, 3.63) is 95.3 Å². The van der Waals surface area contributed by atoms with Crippen LogP contribution in [0.2, 0.25) is 5.02 Å². The number of rotatable bonds is 6. The number of aromatic nitrogens is 2. The summed E-state index contributed by atoms with van der Waals surface area (Å²) in [5.41, 5.74) is 2.73. The smallest absolute Gasteiger partial charge is 0.128 e. The van der Waals surface area contributed by atoms with Crippen LogP contribution in [0.5, 0.6) is 0 Å². The zero-order valence-electron chi connectivity index (χ0n) is 18.5. The van der Waals surface area contributed by atoms with Gasteiger partial charge in [0.1, 0.15) is 17.6 Å². The minimum atomic E-state index is -1.06. The van der Waals surface area contributed by atoms with Crippen molar-refractivity contribution >= 4 is 34.0 Å². The van der Waals surface area contributed by atoms with E-state index < -0.39 is 12.1 Å². The van der Waals surface area contributed by atoms with Crippen molar-refractivity contribution in [2.24, 2.45) is 5.16 Å². The molecule has 3 N–H and O–H groups in total. The number of halogens is 1. The van der Waals surface area contributed by atoms with Gasteiger partial charge in [-0.1, -0.05) is 53.2 Å². The Hall–Kier alpha value is -3.39. The number of fused-ring (bicyclic) bond motifs is 1. The third kappa shape index (κ3) is 4.37. The number of oxime groups is 1.